The average molecular weight is 238 g/mol. The first-order valence-corrected chi connectivity index (χ1v) is 6.05. The summed E-state index contributed by atoms with van der Waals surface area (Å²) in [6.07, 6.45) is 0.806. The van der Waals surface area contributed by atoms with Crippen LogP contribution in [0.25, 0.3) is 0 Å². The summed E-state index contributed by atoms with van der Waals surface area (Å²) in [5, 5.41) is 0. The molecule has 0 spiro atoms. The van der Waals surface area contributed by atoms with Crippen LogP contribution in [0.4, 0.5) is 5.69 Å². The maximum Gasteiger partial charge on any atom is 0.233 e. The van der Waals surface area contributed by atoms with E-state index in [0.717, 1.165) is 12.1 Å². The van der Waals surface area contributed by atoms with E-state index in [1.807, 2.05) is 36.9 Å². The molecule has 0 fully saturated rings. The van der Waals surface area contributed by atoms with E-state index in [4.69, 9.17) is 11.6 Å². The number of hydrogen-bond donors (Lipinski definition) is 0. The fourth-order valence-electron chi connectivity index (χ4n) is 2.26. The van der Waals surface area contributed by atoms with Gasteiger partial charge in [-0.05, 0) is 18.1 Å². The molecule has 0 aliphatic carbocycles. The topological polar surface area (TPSA) is 20.3 Å². The van der Waals surface area contributed by atoms with Gasteiger partial charge < -0.3 is 4.90 Å². The Bertz CT molecular complexity index is 414. The van der Waals surface area contributed by atoms with Crippen molar-refractivity contribution in [1.82, 2.24) is 0 Å². The number of benzene rings is 1. The van der Waals surface area contributed by atoms with Crippen molar-refractivity contribution in [2.45, 2.75) is 20.3 Å². The number of carbonyl (C=O) groups is 1. The molecule has 86 valence electrons. The van der Waals surface area contributed by atoms with Gasteiger partial charge >= 0.3 is 0 Å². The summed E-state index contributed by atoms with van der Waals surface area (Å²) in [7, 11) is 0. The van der Waals surface area contributed by atoms with E-state index in [0.29, 0.717) is 12.4 Å². The molecule has 1 aliphatic heterocycles. The molecular weight excluding hydrogens is 222 g/mol. The second kappa shape index (κ2) is 4.10. The van der Waals surface area contributed by atoms with Gasteiger partial charge in [-0.1, -0.05) is 32.0 Å². The van der Waals surface area contributed by atoms with Crippen LogP contribution in [0.3, 0.4) is 0 Å². The van der Waals surface area contributed by atoms with Gasteiger partial charge in [-0.3, -0.25) is 4.79 Å². The highest BCUT2D eigenvalue weighted by Crippen LogP contribution is 2.36. The number of rotatable bonds is 2. The molecule has 16 heavy (non-hydrogen) atoms. The quantitative estimate of drug-likeness (QED) is 0.725. The van der Waals surface area contributed by atoms with Crippen LogP contribution in [0, 0.1) is 5.41 Å². The Hall–Kier alpha value is -1.02. The summed E-state index contributed by atoms with van der Waals surface area (Å²) in [5.41, 5.74) is 1.94. The molecule has 0 unspecified atom stereocenters. The predicted molar refractivity (Wildman–Crippen MR) is 67.0 cm³/mol. The summed E-state index contributed by atoms with van der Waals surface area (Å²) < 4.78 is 0. The van der Waals surface area contributed by atoms with Crippen LogP contribution in [0.15, 0.2) is 24.3 Å². The molecule has 3 heteroatoms. The summed E-state index contributed by atoms with van der Waals surface area (Å²) in [6, 6.07) is 8.06. The zero-order valence-electron chi connectivity index (χ0n) is 9.66. The second-order valence-electron chi connectivity index (χ2n) is 4.84. The van der Waals surface area contributed by atoms with Gasteiger partial charge in [0.05, 0.1) is 0 Å². The lowest BCUT2D eigenvalue weighted by atomic mass is 9.80. The normalized spacial score (nSPS) is 18.4. The van der Waals surface area contributed by atoms with Gasteiger partial charge in [0.25, 0.3) is 0 Å². The Morgan fingerprint density at radius 1 is 1.38 bits per heavy atom. The molecule has 0 saturated heterocycles. The first kappa shape index (κ1) is 11.5. The van der Waals surface area contributed by atoms with Crippen LogP contribution in [0.2, 0.25) is 0 Å². The number of nitrogens with zero attached hydrogens (tertiary/aromatic N) is 1. The Labute approximate surface area is 101 Å². The molecular formula is C13H16ClNO. The molecule has 2 nitrogen and oxygen atoms in total. The third-order valence-electron chi connectivity index (χ3n) is 3.05. The lowest BCUT2D eigenvalue weighted by Gasteiger charge is -2.38. The van der Waals surface area contributed by atoms with Gasteiger partial charge in [-0.2, -0.15) is 0 Å². The van der Waals surface area contributed by atoms with Crippen molar-refractivity contribution < 1.29 is 4.79 Å². The highest BCUT2D eigenvalue weighted by Gasteiger charge is 2.38. The first-order valence-electron chi connectivity index (χ1n) is 5.52. The summed E-state index contributed by atoms with van der Waals surface area (Å²) in [6.45, 7) is 4.57. The number of amides is 1. The molecule has 0 N–H and O–H groups in total. The third kappa shape index (κ3) is 1.82. The Balaban J connectivity index is 2.47. The minimum atomic E-state index is -0.319. The van der Waals surface area contributed by atoms with Crippen LogP contribution >= 0.6 is 11.6 Å². The van der Waals surface area contributed by atoms with Crippen molar-refractivity contribution >= 4 is 23.2 Å². The predicted octanol–water partition coefficient (Wildman–Crippen LogP) is 2.84. The molecule has 1 aromatic rings. The number of halogens is 1. The number of alkyl halides is 1. The molecule has 0 atom stereocenters. The zero-order valence-corrected chi connectivity index (χ0v) is 10.4. The second-order valence-corrected chi connectivity index (χ2v) is 5.21. The van der Waals surface area contributed by atoms with Crippen molar-refractivity contribution in [2.75, 3.05) is 17.3 Å². The molecule has 1 aromatic carbocycles. The van der Waals surface area contributed by atoms with E-state index < -0.39 is 0 Å². The maximum absolute atomic E-state index is 12.3. The SMILES string of the molecule is CC1(C)Cc2ccccc2N(CCCl)C1=O. The molecule has 0 saturated carbocycles. The van der Waals surface area contributed by atoms with E-state index in [1.165, 1.54) is 5.56 Å². The zero-order chi connectivity index (χ0) is 11.8. The maximum atomic E-state index is 12.3. The van der Waals surface area contributed by atoms with Crippen LogP contribution < -0.4 is 4.90 Å². The van der Waals surface area contributed by atoms with E-state index in [9.17, 15) is 4.79 Å². The fraction of sp³-hybridized carbons (Fsp3) is 0.462. The lowest BCUT2D eigenvalue weighted by Crippen LogP contribution is -2.47. The number of anilines is 1. The molecule has 1 aliphatic rings. The van der Waals surface area contributed by atoms with Gasteiger partial charge in [0.2, 0.25) is 5.91 Å². The average Bonchev–Trinajstić information content (AvgIpc) is 2.24. The van der Waals surface area contributed by atoms with E-state index in [2.05, 4.69) is 6.07 Å². The van der Waals surface area contributed by atoms with Gasteiger partial charge in [0.1, 0.15) is 0 Å². The Kier molecular flexibility index (Phi) is 2.94. The molecule has 0 radical (unpaired) electrons. The van der Waals surface area contributed by atoms with Crippen molar-refractivity contribution in [2.24, 2.45) is 5.41 Å². The van der Waals surface area contributed by atoms with E-state index in [-0.39, 0.29) is 11.3 Å². The lowest BCUT2D eigenvalue weighted by molar-refractivity contribution is -0.127. The van der Waals surface area contributed by atoms with Gasteiger partial charge in [0.15, 0.2) is 0 Å². The van der Waals surface area contributed by atoms with Crippen molar-refractivity contribution in [3.05, 3.63) is 29.8 Å². The summed E-state index contributed by atoms with van der Waals surface area (Å²) >= 11 is 5.77. The van der Waals surface area contributed by atoms with Crippen molar-refractivity contribution in [3.63, 3.8) is 0 Å². The number of hydrogen-bond acceptors (Lipinski definition) is 1. The van der Waals surface area contributed by atoms with Gasteiger partial charge in [-0.15, -0.1) is 11.6 Å². The summed E-state index contributed by atoms with van der Waals surface area (Å²) in [4.78, 5) is 14.1. The van der Waals surface area contributed by atoms with Crippen LogP contribution in [0.1, 0.15) is 19.4 Å². The minimum Gasteiger partial charge on any atom is -0.310 e. The summed E-state index contributed by atoms with van der Waals surface area (Å²) in [5.74, 6) is 0.641. The van der Waals surface area contributed by atoms with E-state index >= 15 is 0 Å². The van der Waals surface area contributed by atoms with Crippen molar-refractivity contribution in [3.8, 4) is 0 Å². The first-order chi connectivity index (χ1) is 7.56. The number of fused-ring (bicyclic) bond motifs is 1. The smallest absolute Gasteiger partial charge is 0.233 e. The minimum absolute atomic E-state index is 0.173. The Morgan fingerprint density at radius 3 is 2.75 bits per heavy atom. The highest BCUT2D eigenvalue weighted by molar-refractivity contribution is 6.18. The van der Waals surface area contributed by atoms with Crippen LogP contribution in [0.5, 0.6) is 0 Å². The monoisotopic (exact) mass is 237 g/mol. The molecule has 2 rings (SSSR count). The Morgan fingerprint density at radius 2 is 2.06 bits per heavy atom. The standard InChI is InChI=1S/C13H16ClNO/c1-13(2)9-10-5-3-4-6-11(10)15(8-7-14)12(13)16/h3-6H,7-9H2,1-2H3. The molecule has 0 bridgehead atoms. The largest absolute Gasteiger partial charge is 0.310 e. The van der Waals surface area contributed by atoms with Crippen LogP contribution in [-0.4, -0.2) is 18.3 Å². The molecule has 1 heterocycles. The highest BCUT2D eigenvalue weighted by atomic mass is 35.5. The van der Waals surface area contributed by atoms with E-state index in [1.54, 1.807) is 0 Å². The molecule has 1 amide bonds. The van der Waals surface area contributed by atoms with Crippen LogP contribution in [-0.2, 0) is 11.2 Å². The number of para-hydroxylation sites is 1. The molecule has 0 aromatic heterocycles. The van der Waals surface area contributed by atoms with Gasteiger partial charge in [0, 0.05) is 23.5 Å². The fourth-order valence-corrected chi connectivity index (χ4v) is 2.43. The third-order valence-corrected chi connectivity index (χ3v) is 3.22. The number of carbonyl (C=O) groups excluding carboxylic acids is 1. The van der Waals surface area contributed by atoms with Crippen molar-refractivity contribution in [1.29, 1.82) is 0 Å². The van der Waals surface area contributed by atoms with Gasteiger partial charge in [-0.25, -0.2) is 0 Å².